The molecule has 1 atom stereocenters. The van der Waals surface area contributed by atoms with Crippen molar-refractivity contribution in [3.8, 4) is 28.9 Å². The van der Waals surface area contributed by atoms with Gasteiger partial charge in [-0.05, 0) is 35.9 Å². The van der Waals surface area contributed by atoms with Crippen LogP contribution in [0.15, 0.2) is 100 Å². The van der Waals surface area contributed by atoms with Gasteiger partial charge in [-0.2, -0.15) is 0 Å². The normalized spacial score (nSPS) is 11.4. The summed E-state index contributed by atoms with van der Waals surface area (Å²) in [5.74, 6) is 6.84. The Morgan fingerprint density at radius 2 is 1.82 bits per heavy atom. The first kappa shape index (κ1) is 22.9. The molecular weight excluding hydrogens is 428 g/mol. The lowest BCUT2D eigenvalue weighted by atomic mass is 10.1. The van der Waals surface area contributed by atoms with E-state index in [-0.39, 0.29) is 17.8 Å². The van der Waals surface area contributed by atoms with Crippen LogP contribution < -0.4 is 15.3 Å². The smallest absolute Gasteiger partial charge is 0.193 e. The summed E-state index contributed by atoms with van der Waals surface area (Å²) in [6, 6.07) is 23.7. The van der Waals surface area contributed by atoms with Gasteiger partial charge < -0.3 is 19.0 Å². The van der Waals surface area contributed by atoms with Gasteiger partial charge in [0.2, 0.25) is 0 Å². The van der Waals surface area contributed by atoms with Crippen LogP contribution in [0.3, 0.4) is 0 Å². The second-order valence-electron chi connectivity index (χ2n) is 7.68. The van der Waals surface area contributed by atoms with Gasteiger partial charge >= 0.3 is 0 Å². The maximum atomic E-state index is 12.6. The summed E-state index contributed by atoms with van der Waals surface area (Å²) in [5.41, 5.74) is 3.01. The first-order valence-electron chi connectivity index (χ1n) is 10.8. The highest BCUT2D eigenvalue weighted by molar-refractivity contribution is 5.80. The van der Waals surface area contributed by atoms with Crippen molar-refractivity contribution in [2.45, 2.75) is 12.5 Å². The minimum atomic E-state index is -0.542. The van der Waals surface area contributed by atoms with E-state index in [0.29, 0.717) is 28.9 Å². The molecule has 0 aliphatic carbocycles. The number of fused-ring (bicyclic) bond motifs is 1. The predicted molar refractivity (Wildman–Crippen MR) is 130 cm³/mol. The molecule has 5 heteroatoms. The zero-order valence-electron chi connectivity index (χ0n) is 18.7. The second-order valence-corrected chi connectivity index (χ2v) is 7.68. The summed E-state index contributed by atoms with van der Waals surface area (Å²) in [4.78, 5) is 12.6. The summed E-state index contributed by atoms with van der Waals surface area (Å²) in [6.45, 7) is 3.58. The van der Waals surface area contributed by atoms with Crippen molar-refractivity contribution >= 4 is 11.0 Å². The number of benzene rings is 3. The molecule has 0 aliphatic rings. The second kappa shape index (κ2) is 10.6. The fraction of sp³-hybridized carbons (Fsp3) is 0.138. The highest BCUT2D eigenvalue weighted by Crippen LogP contribution is 2.24. The molecule has 0 aliphatic heterocycles. The Hall–Kier alpha value is -4.27. The number of hydrogen-bond acceptors (Lipinski definition) is 5. The topological polar surface area (TPSA) is 71.7 Å². The molecule has 0 fully saturated rings. The van der Waals surface area contributed by atoms with E-state index in [0.717, 1.165) is 16.7 Å². The van der Waals surface area contributed by atoms with Crippen molar-refractivity contribution in [3.63, 3.8) is 0 Å². The maximum absolute atomic E-state index is 12.6. The summed E-state index contributed by atoms with van der Waals surface area (Å²) < 4.78 is 16.8. The van der Waals surface area contributed by atoms with Crippen molar-refractivity contribution in [2.24, 2.45) is 0 Å². The third-order valence-electron chi connectivity index (χ3n) is 5.32. The van der Waals surface area contributed by atoms with Gasteiger partial charge in [-0.3, -0.25) is 4.79 Å². The van der Waals surface area contributed by atoms with Crippen LogP contribution in [0.2, 0.25) is 0 Å². The Morgan fingerprint density at radius 1 is 1.06 bits per heavy atom. The van der Waals surface area contributed by atoms with E-state index >= 15 is 0 Å². The average Bonchev–Trinajstić information content (AvgIpc) is 2.86. The van der Waals surface area contributed by atoms with Gasteiger partial charge in [0.25, 0.3) is 0 Å². The highest BCUT2D eigenvalue weighted by Gasteiger charge is 2.08. The molecule has 0 amide bonds. The number of rotatable bonds is 7. The summed E-state index contributed by atoms with van der Waals surface area (Å²) in [7, 11) is 1.50. The fourth-order valence-corrected chi connectivity index (χ4v) is 3.49. The molecule has 34 heavy (non-hydrogen) atoms. The molecule has 1 aromatic heterocycles. The van der Waals surface area contributed by atoms with Crippen molar-refractivity contribution in [1.29, 1.82) is 0 Å². The lowest BCUT2D eigenvalue weighted by molar-refractivity contribution is -0.320. The van der Waals surface area contributed by atoms with Gasteiger partial charge in [-0.15, -0.1) is 12.3 Å². The first-order valence-corrected chi connectivity index (χ1v) is 10.8. The van der Waals surface area contributed by atoms with E-state index in [4.69, 9.17) is 13.9 Å². The van der Waals surface area contributed by atoms with Crippen LogP contribution in [-0.2, 0) is 11.2 Å². The van der Waals surface area contributed by atoms with Gasteiger partial charge in [0.1, 0.15) is 23.7 Å². The van der Waals surface area contributed by atoms with Crippen LogP contribution in [-0.4, -0.2) is 19.8 Å². The Labute approximate surface area is 197 Å². The van der Waals surface area contributed by atoms with Crippen LogP contribution in [0.25, 0.3) is 22.3 Å². The van der Waals surface area contributed by atoms with E-state index in [1.165, 1.54) is 13.2 Å². The minimum Gasteiger partial charge on any atom is -0.874 e. The number of ether oxygens (including phenoxy) is 2. The van der Waals surface area contributed by atoms with E-state index in [2.05, 4.69) is 18.4 Å². The Bertz CT molecular complexity index is 1410. The molecule has 1 heterocycles. The molecule has 0 unspecified atom stereocenters. The monoisotopic (exact) mass is 451 g/mol. The molecule has 0 radical (unpaired) electrons. The van der Waals surface area contributed by atoms with Crippen molar-refractivity contribution in [1.82, 2.24) is 0 Å². The third kappa shape index (κ3) is 5.55. The van der Waals surface area contributed by atoms with Gasteiger partial charge in [-0.1, -0.05) is 54.3 Å². The molecule has 5 nitrogen and oxygen atoms in total. The zero-order chi connectivity index (χ0) is 23.9. The lowest BCUT2D eigenvalue weighted by Crippen LogP contribution is -2.24. The van der Waals surface area contributed by atoms with E-state index < -0.39 is 6.10 Å². The van der Waals surface area contributed by atoms with Crippen molar-refractivity contribution in [2.75, 3.05) is 13.7 Å². The molecular formula is C29H23O5-. The zero-order valence-corrected chi connectivity index (χ0v) is 18.7. The molecule has 0 bridgehead atoms. The molecule has 0 spiro atoms. The summed E-state index contributed by atoms with van der Waals surface area (Å²) >= 11 is 0. The van der Waals surface area contributed by atoms with Crippen LogP contribution in [0, 0.1) is 11.8 Å². The molecule has 0 saturated carbocycles. The van der Waals surface area contributed by atoms with Gasteiger partial charge in [0.15, 0.2) is 5.43 Å². The van der Waals surface area contributed by atoms with Gasteiger partial charge in [-0.25, -0.2) is 0 Å². The van der Waals surface area contributed by atoms with Gasteiger partial charge in [0, 0.05) is 30.7 Å². The third-order valence-corrected chi connectivity index (χ3v) is 5.32. The van der Waals surface area contributed by atoms with Crippen LogP contribution in [0.4, 0.5) is 0 Å². The Kier molecular flexibility index (Phi) is 7.12. The summed E-state index contributed by atoms with van der Waals surface area (Å²) in [5, 5.41) is 11.9. The molecule has 0 N–H and O–H groups in total. The standard InChI is InChI=1S/C29H24O5/c1-20(30)28(32-2)17-22-12-10-21(11-13-22)7-6-16-33-24-14-15-27-25(18-24)26(31)19-29(34-27)23-8-4-3-5-9-23/h3-5,8-15,18-19,28,30H,1,16-17H2,2H3/p-1/t28-/m0/s1. The fourth-order valence-electron chi connectivity index (χ4n) is 3.49. The lowest BCUT2D eigenvalue weighted by Gasteiger charge is -2.21. The van der Waals surface area contributed by atoms with Crippen LogP contribution in [0.5, 0.6) is 5.75 Å². The molecule has 170 valence electrons. The SMILES string of the molecule is C=C([O-])[C@H](Cc1ccc(C#CCOc2ccc3oc(-c4ccccc4)cc(=O)c3c2)cc1)OC. The molecule has 3 aromatic carbocycles. The summed E-state index contributed by atoms with van der Waals surface area (Å²) in [6.07, 6.45) is -0.0713. The van der Waals surface area contributed by atoms with Crippen LogP contribution in [0.1, 0.15) is 11.1 Å². The van der Waals surface area contributed by atoms with Crippen LogP contribution >= 0.6 is 0 Å². The highest BCUT2D eigenvalue weighted by atomic mass is 16.5. The Balaban J connectivity index is 1.40. The minimum absolute atomic E-state index is 0.131. The predicted octanol–water partition coefficient (Wildman–Crippen LogP) is 4.32. The quantitative estimate of drug-likeness (QED) is 0.309. The van der Waals surface area contributed by atoms with Gasteiger partial charge in [0.05, 0.1) is 11.5 Å². The number of hydrogen-bond donors (Lipinski definition) is 0. The average molecular weight is 451 g/mol. The largest absolute Gasteiger partial charge is 0.874 e. The molecule has 4 aromatic rings. The van der Waals surface area contributed by atoms with Crippen molar-refractivity contribution < 1.29 is 19.0 Å². The van der Waals surface area contributed by atoms with E-state index in [1.807, 2.05) is 54.6 Å². The molecule has 4 rings (SSSR count). The maximum Gasteiger partial charge on any atom is 0.193 e. The first-order chi connectivity index (χ1) is 16.5. The molecule has 0 saturated heterocycles. The number of methoxy groups -OCH3 is 1. The van der Waals surface area contributed by atoms with E-state index in [9.17, 15) is 9.90 Å². The Morgan fingerprint density at radius 3 is 2.53 bits per heavy atom. The van der Waals surface area contributed by atoms with E-state index in [1.54, 1.807) is 18.2 Å². The van der Waals surface area contributed by atoms with Crippen molar-refractivity contribution in [3.05, 3.63) is 113 Å².